The van der Waals surface area contributed by atoms with E-state index < -0.39 is 0 Å². The molecular formula is C17H21N3O4. The fraction of sp³-hybridized carbons (Fsp3) is 0.529. The minimum absolute atomic E-state index is 0.147. The minimum atomic E-state index is -0.219. The lowest BCUT2D eigenvalue weighted by Gasteiger charge is -2.35. The van der Waals surface area contributed by atoms with E-state index in [9.17, 15) is 4.79 Å². The maximum absolute atomic E-state index is 12.3. The van der Waals surface area contributed by atoms with Crippen molar-refractivity contribution < 1.29 is 18.5 Å². The SMILES string of the molecule is O=C([C@@H]1CCCO1)N1CCN(Cc2cc(-c3ccco3)on2)CC1. The van der Waals surface area contributed by atoms with Gasteiger partial charge < -0.3 is 18.6 Å². The summed E-state index contributed by atoms with van der Waals surface area (Å²) in [6, 6.07) is 5.57. The number of amides is 1. The molecule has 4 rings (SSSR count). The lowest BCUT2D eigenvalue weighted by molar-refractivity contribution is -0.142. The molecule has 1 amide bonds. The number of piperazine rings is 1. The van der Waals surface area contributed by atoms with E-state index in [1.807, 2.05) is 23.1 Å². The van der Waals surface area contributed by atoms with Gasteiger partial charge in [-0.25, -0.2) is 0 Å². The van der Waals surface area contributed by atoms with E-state index in [1.165, 1.54) is 0 Å². The molecule has 2 aromatic heterocycles. The lowest BCUT2D eigenvalue weighted by Crippen LogP contribution is -2.51. The first kappa shape index (κ1) is 15.4. The van der Waals surface area contributed by atoms with Gasteiger partial charge in [0.1, 0.15) is 6.10 Å². The molecule has 0 bridgehead atoms. The quantitative estimate of drug-likeness (QED) is 0.850. The van der Waals surface area contributed by atoms with Crippen LogP contribution >= 0.6 is 0 Å². The first-order chi connectivity index (χ1) is 11.8. The molecule has 2 aliphatic rings. The molecule has 0 aliphatic carbocycles. The Hall–Kier alpha value is -2.12. The van der Waals surface area contributed by atoms with Crippen molar-refractivity contribution in [3.05, 3.63) is 30.2 Å². The van der Waals surface area contributed by atoms with Gasteiger partial charge in [0.05, 0.1) is 12.0 Å². The lowest BCUT2D eigenvalue weighted by atomic mass is 10.2. The summed E-state index contributed by atoms with van der Waals surface area (Å²) in [5, 5.41) is 4.11. The third-order valence-corrected chi connectivity index (χ3v) is 4.60. The Morgan fingerprint density at radius 1 is 1.25 bits per heavy atom. The highest BCUT2D eigenvalue weighted by molar-refractivity contribution is 5.81. The van der Waals surface area contributed by atoms with Crippen LogP contribution < -0.4 is 0 Å². The van der Waals surface area contributed by atoms with E-state index >= 15 is 0 Å². The van der Waals surface area contributed by atoms with Crippen LogP contribution in [0.3, 0.4) is 0 Å². The van der Waals surface area contributed by atoms with Crippen molar-refractivity contribution in [3.8, 4) is 11.5 Å². The molecule has 1 atom stereocenters. The summed E-state index contributed by atoms with van der Waals surface area (Å²) < 4.78 is 16.1. The zero-order chi connectivity index (χ0) is 16.4. The molecule has 2 aromatic rings. The number of hydrogen-bond acceptors (Lipinski definition) is 6. The highest BCUT2D eigenvalue weighted by Gasteiger charge is 2.30. The molecule has 0 spiro atoms. The molecule has 2 fully saturated rings. The first-order valence-electron chi connectivity index (χ1n) is 8.42. The highest BCUT2D eigenvalue weighted by Crippen LogP contribution is 2.22. The number of carbonyl (C=O) groups is 1. The van der Waals surface area contributed by atoms with Gasteiger partial charge in [-0.15, -0.1) is 0 Å². The van der Waals surface area contributed by atoms with Crippen LogP contribution in [0.4, 0.5) is 0 Å². The molecule has 2 saturated heterocycles. The van der Waals surface area contributed by atoms with Crippen molar-refractivity contribution >= 4 is 5.91 Å². The molecule has 7 heteroatoms. The molecule has 24 heavy (non-hydrogen) atoms. The van der Waals surface area contributed by atoms with E-state index in [2.05, 4.69) is 10.1 Å². The molecular weight excluding hydrogens is 310 g/mol. The summed E-state index contributed by atoms with van der Waals surface area (Å²) in [5.74, 6) is 1.47. The molecule has 128 valence electrons. The number of nitrogens with zero attached hydrogens (tertiary/aromatic N) is 3. The van der Waals surface area contributed by atoms with Gasteiger partial charge in [-0.2, -0.15) is 0 Å². The Bertz CT molecular complexity index is 668. The van der Waals surface area contributed by atoms with Crippen LogP contribution in [0.1, 0.15) is 18.5 Å². The van der Waals surface area contributed by atoms with Crippen molar-refractivity contribution in [2.75, 3.05) is 32.8 Å². The minimum Gasteiger partial charge on any atom is -0.461 e. The summed E-state index contributed by atoms with van der Waals surface area (Å²) in [6.07, 6.45) is 3.23. The summed E-state index contributed by atoms with van der Waals surface area (Å²) in [7, 11) is 0. The zero-order valence-corrected chi connectivity index (χ0v) is 13.5. The van der Waals surface area contributed by atoms with Gasteiger partial charge in [0.25, 0.3) is 5.91 Å². The number of ether oxygens (including phenoxy) is 1. The molecule has 0 unspecified atom stereocenters. The molecule has 2 aliphatic heterocycles. The van der Waals surface area contributed by atoms with Crippen LogP contribution in [0, 0.1) is 0 Å². The van der Waals surface area contributed by atoms with Crippen molar-refractivity contribution in [1.29, 1.82) is 0 Å². The average molecular weight is 331 g/mol. The van der Waals surface area contributed by atoms with Crippen molar-refractivity contribution in [2.24, 2.45) is 0 Å². The van der Waals surface area contributed by atoms with Gasteiger partial charge in [-0.3, -0.25) is 9.69 Å². The van der Waals surface area contributed by atoms with E-state index in [-0.39, 0.29) is 12.0 Å². The Labute approximate surface area is 140 Å². The van der Waals surface area contributed by atoms with Crippen LogP contribution in [0.2, 0.25) is 0 Å². The van der Waals surface area contributed by atoms with Gasteiger partial charge >= 0.3 is 0 Å². The molecule has 7 nitrogen and oxygen atoms in total. The van der Waals surface area contributed by atoms with Crippen LogP contribution in [0.25, 0.3) is 11.5 Å². The predicted molar refractivity (Wildman–Crippen MR) is 85.0 cm³/mol. The third kappa shape index (κ3) is 3.22. The summed E-state index contributed by atoms with van der Waals surface area (Å²) >= 11 is 0. The average Bonchev–Trinajstić information content (AvgIpc) is 3.36. The van der Waals surface area contributed by atoms with Crippen LogP contribution in [0.5, 0.6) is 0 Å². The van der Waals surface area contributed by atoms with Crippen molar-refractivity contribution in [2.45, 2.75) is 25.5 Å². The summed E-state index contributed by atoms with van der Waals surface area (Å²) in [6.45, 7) is 4.57. The fourth-order valence-electron chi connectivity index (χ4n) is 3.25. The second-order valence-electron chi connectivity index (χ2n) is 6.26. The van der Waals surface area contributed by atoms with Gasteiger partial charge in [-0.05, 0) is 25.0 Å². The monoisotopic (exact) mass is 331 g/mol. The van der Waals surface area contributed by atoms with E-state index in [0.29, 0.717) is 24.7 Å². The molecule has 0 saturated carbocycles. The largest absolute Gasteiger partial charge is 0.461 e. The number of carbonyl (C=O) groups excluding carboxylic acids is 1. The number of hydrogen-bond donors (Lipinski definition) is 0. The number of furan rings is 1. The molecule has 0 radical (unpaired) electrons. The van der Waals surface area contributed by atoms with Crippen LogP contribution in [0.15, 0.2) is 33.4 Å². The Morgan fingerprint density at radius 3 is 2.83 bits per heavy atom. The summed E-state index contributed by atoms with van der Waals surface area (Å²) in [5.41, 5.74) is 0.875. The normalized spacial score (nSPS) is 22.2. The molecule has 0 aromatic carbocycles. The van der Waals surface area contributed by atoms with Crippen molar-refractivity contribution in [3.63, 3.8) is 0 Å². The smallest absolute Gasteiger partial charge is 0.251 e. The third-order valence-electron chi connectivity index (χ3n) is 4.60. The van der Waals surface area contributed by atoms with Crippen LogP contribution in [-0.2, 0) is 16.1 Å². The highest BCUT2D eigenvalue weighted by atomic mass is 16.5. The van der Waals surface area contributed by atoms with E-state index in [4.69, 9.17) is 13.7 Å². The Morgan fingerprint density at radius 2 is 2.12 bits per heavy atom. The molecule has 4 heterocycles. The number of rotatable bonds is 4. The van der Waals surface area contributed by atoms with Gasteiger partial charge in [-0.1, -0.05) is 5.16 Å². The Balaban J connectivity index is 1.29. The predicted octanol–water partition coefficient (Wildman–Crippen LogP) is 1.76. The van der Waals surface area contributed by atoms with E-state index in [0.717, 1.165) is 44.7 Å². The second-order valence-corrected chi connectivity index (χ2v) is 6.26. The second kappa shape index (κ2) is 6.78. The first-order valence-corrected chi connectivity index (χ1v) is 8.42. The maximum Gasteiger partial charge on any atom is 0.251 e. The fourth-order valence-corrected chi connectivity index (χ4v) is 3.25. The van der Waals surface area contributed by atoms with Crippen LogP contribution in [-0.4, -0.2) is 59.8 Å². The molecule has 0 N–H and O–H groups in total. The standard InChI is InChI=1S/C17H21N3O4/c21-17(15-4-2-10-23-15)20-7-5-19(6-8-20)12-13-11-16(24-18-13)14-3-1-9-22-14/h1,3,9,11,15H,2,4-8,10,12H2/t15-/m0/s1. The van der Waals surface area contributed by atoms with Crippen molar-refractivity contribution in [1.82, 2.24) is 15.0 Å². The van der Waals surface area contributed by atoms with Gasteiger partial charge in [0.15, 0.2) is 5.76 Å². The Kier molecular flexibility index (Phi) is 4.36. The maximum atomic E-state index is 12.3. The van der Waals surface area contributed by atoms with E-state index in [1.54, 1.807) is 6.26 Å². The topological polar surface area (TPSA) is 72.0 Å². The van der Waals surface area contributed by atoms with Gasteiger partial charge in [0, 0.05) is 45.4 Å². The number of aromatic nitrogens is 1. The summed E-state index contributed by atoms with van der Waals surface area (Å²) in [4.78, 5) is 16.5. The van der Waals surface area contributed by atoms with Gasteiger partial charge in [0.2, 0.25) is 5.76 Å². The zero-order valence-electron chi connectivity index (χ0n) is 13.5.